The summed E-state index contributed by atoms with van der Waals surface area (Å²) in [5, 5.41) is 0. The molecule has 1 saturated heterocycles. The maximum Gasteiger partial charge on any atom is 0.252 e. The molecule has 1 aromatic rings. The van der Waals surface area contributed by atoms with Crippen LogP contribution in [-0.4, -0.2) is 31.9 Å². The first kappa shape index (κ1) is 16.4. The molecule has 0 spiro atoms. The summed E-state index contributed by atoms with van der Waals surface area (Å²) in [7, 11) is -3.32. The zero-order valence-electron chi connectivity index (χ0n) is 9.93. The molecule has 4 nitrogen and oxygen atoms in total. The first-order valence-corrected chi connectivity index (χ1v) is 8.48. The minimum atomic E-state index is -3.32. The summed E-state index contributed by atoms with van der Waals surface area (Å²) in [4.78, 5) is 0. The Morgan fingerprint density at radius 2 is 2.00 bits per heavy atom. The Morgan fingerprint density at radius 3 is 2.44 bits per heavy atom. The van der Waals surface area contributed by atoms with Crippen LogP contribution in [0.1, 0.15) is 18.4 Å². The summed E-state index contributed by atoms with van der Waals surface area (Å²) in [6, 6.07) is 1.86. The third-order valence-corrected chi connectivity index (χ3v) is 7.41. The van der Waals surface area contributed by atoms with Gasteiger partial charge in [-0.3, -0.25) is 0 Å². The molecule has 0 aliphatic carbocycles. The van der Waals surface area contributed by atoms with E-state index in [0.717, 1.165) is 22.2 Å². The van der Waals surface area contributed by atoms with E-state index in [1.807, 2.05) is 6.92 Å². The second kappa shape index (κ2) is 6.19. The highest BCUT2D eigenvalue weighted by atomic mass is 79.9. The van der Waals surface area contributed by atoms with Gasteiger partial charge in [0.2, 0.25) is 0 Å². The molecule has 0 unspecified atom stereocenters. The summed E-state index contributed by atoms with van der Waals surface area (Å²) < 4.78 is 27.5. The maximum atomic E-state index is 12.3. The Labute approximate surface area is 126 Å². The molecule has 0 radical (unpaired) electrons. The number of piperidine rings is 1. The van der Waals surface area contributed by atoms with Gasteiger partial charge in [0.1, 0.15) is 4.21 Å². The van der Waals surface area contributed by atoms with E-state index in [9.17, 15) is 8.42 Å². The number of rotatable bonds is 2. The maximum absolute atomic E-state index is 12.3. The summed E-state index contributed by atoms with van der Waals surface area (Å²) >= 11 is 4.63. The van der Waals surface area contributed by atoms with Crippen LogP contribution < -0.4 is 5.73 Å². The predicted molar refractivity (Wildman–Crippen MR) is 80.0 cm³/mol. The van der Waals surface area contributed by atoms with E-state index in [4.69, 9.17) is 5.73 Å². The number of halogens is 2. The second-order valence-electron chi connectivity index (χ2n) is 4.26. The van der Waals surface area contributed by atoms with E-state index < -0.39 is 10.0 Å². The van der Waals surface area contributed by atoms with E-state index >= 15 is 0 Å². The zero-order chi connectivity index (χ0) is 12.6. The fourth-order valence-corrected chi connectivity index (χ4v) is 5.65. The van der Waals surface area contributed by atoms with Gasteiger partial charge in [-0.05, 0) is 47.3 Å². The van der Waals surface area contributed by atoms with Gasteiger partial charge in [0, 0.05) is 19.1 Å². The molecule has 0 amide bonds. The molecule has 1 aliphatic heterocycles. The van der Waals surface area contributed by atoms with Gasteiger partial charge < -0.3 is 5.73 Å². The first-order valence-electron chi connectivity index (χ1n) is 5.43. The smallest absolute Gasteiger partial charge is 0.252 e. The lowest BCUT2D eigenvalue weighted by molar-refractivity contribution is 0.320. The van der Waals surface area contributed by atoms with Crippen molar-refractivity contribution >= 4 is 49.7 Å². The molecular weight excluding hydrogens is 360 g/mol. The molecule has 2 heterocycles. The van der Waals surface area contributed by atoms with Crippen LogP contribution in [0.3, 0.4) is 0 Å². The quantitative estimate of drug-likeness (QED) is 0.863. The van der Waals surface area contributed by atoms with Crippen molar-refractivity contribution in [3.05, 3.63) is 15.4 Å². The molecule has 1 aromatic heterocycles. The number of hydrogen-bond donors (Lipinski definition) is 1. The zero-order valence-corrected chi connectivity index (χ0v) is 14.0. The van der Waals surface area contributed by atoms with Crippen LogP contribution in [0.4, 0.5) is 0 Å². The van der Waals surface area contributed by atoms with E-state index in [0.29, 0.717) is 17.3 Å². The van der Waals surface area contributed by atoms with E-state index in [1.165, 1.54) is 15.6 Å². The fourth-order valence-electron chi connectivity index (χ4n) is 1.80. The van der Waals surface area contributed by atoms with E-state index in [-0.39, 0.29) is 18.4 Å². The summed E-state index contributed by atoms with van der Waals surface area (Å²) in [5.41, 5.74) is 6.74. The highest BCUT2D eigenvalue weighted by Crippen LogP contribution is 2.33. The van der Waals surface area contributed by atoms with Crippen molar-refractivity contribution in [2.45, 2.75) is 30.0 Å². The molecular formula is C10H16BrClN2O2S2. The van der Waals surface area contributed by atoms with Crippen molar-refractivity contribution in [3.63, 3.8) is 0 Å². The number of thiophene rings is 1. The molecule has 8 heteroatoms. The average Bonchev–Trinajstić information content (AvgIpc) is 2.60. The molecule has 104 valence electrons. The Bertz CT molecular complexity index is 490. The van der Waals surface area contributed by atoms with Gasteiger partial charge in [0.25, 0.3) is 10.0 Å². The number of sulfonamides is 1. The molecule has 1 aliphatic rings. The second-order valence-corrected chi connectivity index (χ2v) is 8.80. The van der Waals surface area contributed by atoms with E-state index in [2.05, 4.69) is 15.9 Å². The molecule has 0 aromatic carbocycles. The Kier molecular flexibility index (Phi) is 5.64. The normalized spacial score (nSPS) is 18.6. The molecule has 1 fully saturated rings. The van der Waals surface area contributed by atoms with Crippen molar-refractivity contribution in [3.8, 4) is 0 Å². The molecule has 2 rings (SSSR count). The third kappa shape index (κ3) is 3.26. The van der Waals surface area contributed by atoms with Crippen LogP contribution in [0.2, 0.25) is 0 Å². The third-order valence-electron chi connectivity index (χ3n) is 2.93. The Hall–Kier alpha value is 0.340. The van der Waals surface area contributed by atoms with Crippen LogP contribution in [0.15, 0.2) is 14.1 Å². The van der Waals surface area contributed by atoms with Gasteiger partial charge >= 0.3 is 0 Å². The van der Waals surface area contributed by atoms with Crippen molar-refractivity contribution in [1.82, 2.24) is 4.31 Å². The lowest BCUT2D eigenvalue weighted by atomic mass is 10.1. The molecule has 0 atom stereocenters. The van der Waals surface area contributed by atoms with Gasteiger partial charge in [-0.15, -0.1) is 23.7 Å². The standard InChI is InChI=1S/C10H15BrN2O2S2.ClH/c1-7-6-9(16-10(7)11)17(14,15)13-4-2-8(12)3-5-13;/h6,8H,2-5,12H2,1H3;1H. The van der Waals surface area contributed by atoms with Crippen LogP contribution in [0.25, 0.3) is 0 Å². The molecule has 2 N–H and O–H groups in total. The topological polar surface area (TPSA) is 63.4 Å². The number of aryl methyl sites for hydroxylation is 1. The van der Waals surface area contributed by atoms with Crippen LogP contribution in [0.5, 0.6) is 0 Å². The fraction of sp³-hybridized carbons (Fsp3) is 0.600. The summed E-state index contributed by atoms with van der Waals surface area (Å²) in [6.07, 6.45) is 1.48. The van der Waals surface area contributed by atoms with Crippen LogP contribution >= 0.6 is 39.7 Å². The number of hydrogen-bond acceptors (Lipinski definition) is 4. The monoisotopic (exact) mass is 374 g/mol. The van der Waals surface area contributed by atoms with Gasteiger partial charge in [0.05, 0.1) is 3.79 Å². The summed E-state index contributed by atoms with van der Waals surface area (Å²) in [5.74, 6) is 0. The van der Waals surface area contributed by atoms with Crippen molar-refractivity contribution in [2.75, 3.05) is 13.1 Å². The molecule has 0 saturated carbocycles. The first-order chi connectivity index (χ1) is 7.91. The average molecular weight is 376 g/mol. The van der Waals surface area contributed by atoms with E-state index in [1.54, 1.807) is 6.07 Å². The lowest BCUT2D eigenvalue weighted by Crippen LogP contribution is -2.42. The minimum Gasteiger partial charge on any atom is -0.328 e. The Morgan fingerprint density at radius 1 is 1.44 bits per heavy atom. The molecule has 18 heavy (non-hydrogen) atoms. The largest absolute Gasteiger partial charge is 0.328 e. The van der Waals surface area contributed by atoms with Crippen molar-refractivity contribution < 1.29 is 8.42 Å². The lowest BCUT2D eigenvalue weighted by Gasteiger charge is -2.28. The number of nitrogens with two attached hydrogens (primary N) is 1. The highest BCUT2D eigenvalue weighted by molar-refractivity contribution is 9.11. The summed E-state index contributed by atoms with van der Waals surface area (Å²) in [6.45, 7) is 2.95. The highest BCUT2D eigenvalue weighted by Gasteiger charge is 2.29. The SMILES string of the molecule is Cc1cc(S(=O)(=O)N2CCC(N)CC2)sc1Br.Cl. The van der Waals surface area contributed by atoms with Crippen LogP contribution in [0, 0.1) is 6.92 Å². The minimum absolute atomic E-state index is 0. The van der Waals surface area contributed by atoms with Gasteiger partial charge in [-0.1, -0.05) is 0 Å². The number of nitrogens with zero attached hydrogens (tertiary/aromatic N) is 1. The van der Waals surface area contributed by atoms with Gasteiger partial charge in [0.15, 0.2) is 0 Å². The van der Waals surface area contributed by atoms with Crippen molar-refractivity contribution in [2.24, 2.45) is 5.73 Å². The van der Waals surface area contributed by atoms with Gasteiger partial charge in [-0.2, -0.15) is 4.31 Å². The Balaban J connectivity index is 0.00000162. The molecule has 0 bridgehead atoms. The predicted octanol–water partition coefficient (Wildman–Crippen LogP) is 2.35. The van der Waals surface area contributed by atoms with Gasteiger partial charge in [-0.25, -0.2) is 8.42 Å². The van der Waals surface area contributed by atoms with Crippen LogP contribution in [-0.2, 0) is 10.0 Å². The van der Waals surface area contributed by atoms with Crippen molar-refractivity contribution in [1.29, 1.82) is 0 Å².